The van der Waals surface area contributed by atoms with Gasteiger partial charge in [0.2, 0.25) is 0 Å². The van der Waals surface area contributed by atoms with Crippen molar-refractivity contribution in [1.29, 1.82) is 0 Å². The fourth-order valence-corrected chi connectivity index (χ4v) is 7.81. The van der Waals surface area contributed by atoms with Gasteiger partial charge in [-0.05, 0) is 73.8 Å². The Bertz CT molecular complexity index is 1250. The molecule has 2 aromatic rings. The minimum absolute atomic E-state index is 0.0643. The minimum atomic E-state index is -3.15. The summed E-state index contributed by atoms with van der Waals surface area (Å²) in [6, 6.07) is 4.97. The normalized spacial score (nSPS) is 21.9. The number of hydrogen-bond acceptors (Lipinski definition) is 6. The van der Waals surface area contributed by atoms with Crippen molar-refractivity contribution in [2.75, 3.05) is 16.8 Å². The Balaban J connectivity index is 1.57. The van der Waals surface area contributed by atoms with Crippen molar-refractivity contribution in [1.82, 2.24) is 5.32 Å². The smallest absolute Gasteiger partial charge is 0.265 e. The first kappa shape index (κ1) is 26.6. The maximum Gasteiger partial charge on any atom is 0.265 e. The van der Waals surface area contributed by atoms with Crippen LogP contribution in [0.1, 0.15) is 61.3 Å². The summed E-state index contributed by atoms with van der Waals surface area (Å²) >= 11 is 1.41. The Morgan fingerprint density at radius 2 is 1.86 bits per heavy atom. The predicted octanol–water partition coefficient (Wildman–Crippen LogP) is 4.36. The van der Waals surface area contributed by atoms with E-state index in [1.165, 1.54) is 35.6 Å². The lowest BCUT2D eigenvalue weighted by Gasteiger charge is -2.33. The van der Waals surface area contributed by atoms with E-state index in [1.807, 2.05) is 0 Å². The number of rotatable bonds is 6. The molecule has 2 amide bonds. The van der Waals surface area contributed by atoms with Crippen LogP contribution in [0.15, 0.2) is 24.3 Å². The Labute approximate surface area is 215 Å². The molecule has 0 spiro atoms. The highest BCUT2D eigenvalue weighted by Crippen LogP contribution is 2.44. The molecule has 2 N–H and O–H groups in total. The molecule has 196 valence electrons. The van der Waals surface area contributed by atoms with Gasteiger partial charge in [-0.1, -0.05) is 20.8 Å². The van der Waals surface area contributed by atoms with Gasteiger partial charge in [0, 0.05) is 10.9 Å². The highest BCUT2D eigenvalue weighted by Gasteiger charge is 2.36. The zero-order valence-corrected chi connectivity index (χ0v) is 22.7. The zero-order valence-electron chi connectivity index (χ0n) is 21.0. The maximum atomic E-state index is 13.4. The van der Waals surface area contributed by atoms with Gasteiger partial charge in [-0.15, -0.1) is 11.3 Å². The number of sulfone groups is 1. The number of hydrogen-bond donors (Lipinski definition) is 2. The second kappa shape index (κ2) is 10.1. The van der Waals surface area contributed by atoms with E-state index in [4.69, 9.17) is 4.74 Å². The van der Waals surface area contributed by atoms with Crippen molar-refractivity contribution in [3.05, 3.63) is 46.1 Å². The molecule has 1 aromatic carbocycles. The largest absolute Gasteiger partial charge is 0.481 e. The van der Waals surface area contributed by atoms with Gasteiger partial charge < -0.3 is 15.4 Å². The quantitative estimate of drug-likeness (QED) is 0.571. The molecule has 2 aliphatic rings. The van der Waals surface area contributed by atoms with Crippen LogP contribution in [-0.2, 0) is 27.5 Å². The molecule has 1 aromatic heterocycles. The number of amides is 2. The monoisotopic (exact) mass is 536 g/mol. The molecule has 0 bridgehead atoms. The van der Waals surface area contributed by atoms with Crippen LogP contribution in [0.3, 0.4) is 0 Å². The summed E-state index contributed by atoms with van der Waals surface area (Å²) in [5.74, 6) is -0.380. The van der Waals surface area contributed by atoms with Gasteiger partial charge in [-0.2, -0.15) is 0 Å². The lowest BCUT2D eigenvalue weighted by Crippen LogP contribution is -2.37. The number of nitrogens with one attached hydrogen (secondary N) is 2. The van der Waals surface area contributed by atoms with Crippen LogP contribution in [-0.4, -0.2) is 43.9 Å². The Hall–Kier alpha value is -2.46. The van der Waals surface area contributed by atoms with Crippen molar-refractivity contribution in [3.8, 4) is 5.75 Å². The number of ether oxygens (including phenoxy) is 1. The molecule has 0 saturated carbocycles. The van der Waals surface area contributed by atoms with Crippen LogP contribution in [0.5, 0.6) is 5.75 Å². The first-order valence-corrected chi connectivity index (χ1v) is 14.8. The third-order valence-corrected chi connectivity index (χ3v) is 9.95. The van der Waals surface area contributed by atoms with Crippen LogP contribution in [0.4, 0.5) is 9.39 Å². The number of carbonyl (C=O) groups excluding carboxylic acids is 2. The van der Waals surface area contributed by atoms with Crippen LogP contribution >= 0.6 is 11.3 Å². The third kappa shape index (κ3) is 6.08. The SMILES string of the molecule is C[C@H](Oc1ccc(F)cc1)C(=O)Nc1sc2c(c1C(=O)N[C@H]1CCS(=O)(=O)C1)CC[C@H](C(C)(C)C)C2. The van der Waals surface area contributed by atoms with Crippen molar-refractivity contribution >= 4 is 38.0 Å². The lowest BCUT2D eigenvalue weighted by atomic mass is 9.72. The molecule has 36 heavy (non-hydrogen) atoms. The van der Waals surface area contributed by atoms with E-state index in [1.54, 1.807) is 6.92 Å². The second-order valence-corrected chi connectivity index (χ2v) is 14.1. The van der Waals surface area contributed by atoms with E-state index in [2.05, 4.69) is 31.4 Å². The first-order chi connectivity index (χ1) is 16.8. The van der Waals surface area contributed by atoms with Crippen molar-refractivity contribution < 1.29 is 27.1 Å². The molecule has 7 nitrogen and oxygen atoms in total. The predicted molar refractivity (Wildman–Crippen MR) is 139 cm³/mol. The Morgan fingerprint density at radius 1 is 1.17 bits per heavy atom. The number of halogens is 1. The topological polar surface area (TPSA) is 102 Å². The van der Waals surface area contributed by atoms with E-state index < -0.39 is 33.7 Å². The van der Waals surface area contributed by atoms with Gasteiger partial charge in [-0.25, -0.2) is 12.8 Å². The summed E-state index contributed by atoms with van der Waals surface area (Å²) in [5.41, 5.74) is 1.47. The number of carbonyl (C=O) groups is 2. The standard InChI is InChI=1S/C26H33FN2O5S2/c1-15(34-19-8-6-17(27)7-9-19)23(30)29-25-22(24(31)28-18-11-12-36(32,33)14-18)20-10-5-16(26(2,3)4)13-21(20)35-25/h6-9,15-16,18H,5,10-14H2,1-4H3,(H,28,31)(H,29,30)/t15-,16-,18-/m0/s1. The van der Waals surface area contributed by atoms with Gasteiger partial charge in [0.1, 0.15) is 16.6 Å². The molecule has 0 radical (unpaired) electrons. The average molecular weight is 537 g/mol. The van der Waals surface area contributed by atoms with E-state index in [-0.39, 0.29) is 22.8 Å². The first-order valence-electron chi connectivity index (χ1n) is 12.2. The number of fused-ring (bicyclic) bond motifs is 1. The lowest BCUT2D eigenvalue weighted by molar-refractivity contribution is -0.122. The van der Waals surface area contributed by atoms with Gasteiger partial charge in [0.15, 0.2) is 15.9 Å². The van der Waals surface area contributed by atoms with Gasteiger partial charge in [0.25, 0.3) is 11.8 Å². The molecular weight excluding hydrogens is 503 g/mol. The molecule has 4 rings (SSSR count). The zero-order chi connectivity index (χ0) is 26.3. The van der Waals surface area contributed by atoms with E-state index in [0.717, 1.165) is 29.7 Å². The van der Waals surface area contributed by atoms with E-state index in [0.29, 0.717) is 28.7 Å². The van der Waals surface area contributed by atoms with Gasteiger partial charge >= 0.3 is 0 Å². The molecule has 0 unspecified atom stereocenters. The van der Waals surface area contributed by atoms with Crippen LogP contribution < -0.4 is 15.4 Å². The fourth-order valence-electron chi connectivity index (χ4n) is 4.80. The molecule has 2 heterocycles. The highest BCUT2D eigenvalue weighted by atomic mass is 32.2. The summed E-state index contributed by atoms with van der Waals surface area (Å²) < 4.78 is 42.6. The highest BCUT2D eigenvalue weighted by molar-refractivity contribution is 7.91. The number of benzene rings is 1. The molecule has 1 aliphatic heterocycles. The molecule has 1 aliphatic carbocycles. The maximum absolute atomic E-state index is 13.4. The third-order valence-electron chi connectivity index (χ3n) is 7.02. The Kier molecular flexibility index (Phi) is 7.48. The summed E-state index contributed by atoms with van der Waals surface area (Å²) in [7, 11) is -3.15. The average Bonchev–Trinajstić information content (AvgIpc) is 3.32. The Morgan fingerprint density at radius 3 is 2.47 bits per heavy atom. The van der Waals surface area contributed by atoms with E-state index in [9.17, 15) is 22.4 Å². The summed E-state index contributed by atoms with van der Waals surface area (Å²) in [6.07, 6.45) is 1.98. The van der Waals surface area contributed by atoms with Gasteiger partial charge in [0.05, 0.1) is 17.1 Å². The van der Waals surface area contributed by atoms with Crippen molar-refractivity contribution in [3.63, 3.8) is 0 Å². The van der Waals surface area contributed by atoms with Crippen LogP contribution in [0.25, 0.3) is 0 Å². The molecule has 10 heteroatoms. The molecule has 1 fully saturated rings. The minimum Gasteiger partial charge on any atom is -0.481 e. The van der Waals surface area contributed by atoms with Crippen molar-refractivity contribution in [2.45, 2.75) is 65.5 Å². The second-order valence-electron chi connectivity index (χ2n) is 10.8. The van der Waals surface area contributed by atoms with Crippen LogP contribution in [0, 0.1) is 17.2 Å². The fraction of sp³-hybridized carbons (Fsp3) is 0.538. The van der Waals surface area contributed by atoms with Crippen LogP contribution in [0.2, 0.25) is 0 Å². The number of thiophene rings is 1. The van der Waals surface area contributed by atoms with Crippen molar-refractivity contribution in [2.24, 2.45) is 11.3 Å². The summed E-state index contributed by atoms with van der Waals surface area (Å²) in [5, 5.41) is 6.21. The molecular formula is C26H33FN2O5S2. The summed E-state index contributed by atoms with van der Waals surface area (Å²) in [6.45, 7) is 8.22. The van der Waals surface area contributed by atoms with E-state index >= 15 is 0 Å². The number of anilines is 1. The summed E-state index contributed by atoms with van der Waals surface area (Å²) in [4.78, 5) is 27.5. The molecule has 1 saturated heterocycles. The van der Waals surface area contributed by atoms with Gasteiger partial charge in [-0.3, -0.25) is 9.59 Å². The molecule has 3 atom stereocenters.